The van der Waals surface area contributed by atoms with Crippen LogP contribution in [-0.4, -0.2) is 32.0 Å². The third-order valence-corrected chi connectivity index (χ3v) is 2.78. The lowest BCUT2D eigenvalue weighted by molar-refractivity contribution is 0.00185. The highest BCUT2D eigenvalue weighted by Crippen LogP contribution is 2.21. The summed E-state index contributed by atoms with van der Waals surface area (Å²) in [4.78, 5) is 10.9. The normalized spacial score (nSPS) is 25.1. The van der Waals surface area contributed by atoms with E-state index in [0.717, 1.165) is 25.9 Å². The van der Waals surface area contributed by atoms with E-state index in [9.17, 15) is 4.79 Å². The lowest BCUT2D eigenvalue weighted by atomic mass is 9.93. The van der Waals surface area contributed by atoms with Crippen molar-refractivity contribution in [1.82, 2.24) is 10.9 Å². The molecule has 0 aromatic rings. The van der Waals surface area contributed by atoms with Gasteiger partial charge < -0.3 is 9.47 Å². The van der Waals surface area contributed by atoms with Gasteiger partial charge in [-0.05, 0) is 19.3 Å². The molecular formula is C11H22N2O3. The summed E-state index contributed by atoms with van der Waals surface area (Å²) in [5.74, 6) is 0. The molecule has 1 fully saturated rings. The largest absolute Gasteiger partial charge is 0.452 e. The topological polar surface area (TPSA) is 59.6 Å². The van der Waals surface area contributed by atoms with Crippen LogP contribution in [0, 0.1) is 0 Å². The molecule has 5 heteroatoms. The predicted octanol–water partition coefficient (Wildman–Crippen LogP) is 1.58. The minimum atomic E-state index is -0.459. The molecule has 0 spiro atoms. The van der Waals surface area contributed by atoms with E-state index in [1.165, 1.54) is 20.0 Å². The van der Waals surface area contributed by atoms with Gasteiger partial charge in [-0.15, -0.1) is 0 Å². The van der Waals surface area contributed by atoms with Gasteiger partial charge in [-0.2, -0.15) is 0 Å². The van der Waals surface area contributed by atoms with Gasteiger partial charge in [0.2, 0.25) is 0 Å². The summed E-state index contributed by atoms with van der Waals surface area (Å²) in [6.45, 7) is 2.87. The van der Waals surface area contributed by atoms with Crippen molar-refractivity contribution in [2.75, 3.05) is 13.7 Å². The van der Waals surface area contributed by atoms with E-state index in [1.54, 1.807) is 0 Å². The molecular weight excluding hydrogens is 208 g/mol. The Morgan fingerprint density at radius 2 is 2.12 bits per heavy atom. The molecule has 0 bridgehead atoms. The Morgan fingerprint density at radius 3 is 2.81 bits per heavy atom. The third-order valence-electron chi connectivity index (χ3n) is 2.78. The monoisotopic (exact) mass is 230 g/mol. The van der Waals surface area contributed by atoms with Crippen LogP contribution >= 0.6 is 0 Å². The van der Waals surface area contributed by atoms with Crippen LogP contribution in [0.1, 0.15) is 39.0 Å². The standard InChI is InChI=1S/C11H22N2O3/c1-3-8-16-10-7-5-4-6-9(10)12-13-11(14)15-2/h9-10,12H,3-8H2,1-2H3,(H,13,14). The maximum absolute atomic E-state index is 10.9. The van der Waals surface area contributed by atoms with Crippen molar-refractivity contribution in [2.45, 2.75) is 51.2 Å². The second-order valence-electron chi connectivity index (χ2n) is 4.06. The van der Waals surface area contributed by atoms with E-state index in [2.05, 4.69) is 22.5 Å². The van der Waals surface area contributed by atoms with Crippen molar-refractivity contribution in [3.63, 3.8) is 0 Å². The maximum Gasteiger partial charge on any atom is 0.421 e. The van der Waals surface area contributed by atoms with Crippen molar-refractivity contribution in [3.8, 4) is 0 Å². The van der Waals surface area contributed by atoms with Crippen molar-refractivity contribution in [2.24, 2.45) is 0 Å². The molecule has 1 amide bonds. The lowest BCUT2D eigenvalue weighted by Gasteiger charge is -2.31. The number of hydrazine groups is 1. The molecule has 1 saturated carbocycles. The summed E-state index contributed by atoms with van der Waals surface area (Å²) in [7, 11) is 1.35. The van der Waals surface area contributed by atoms with Gasteiger partial charge in [-0.3, -0.25) is 5.43 Å². The van der Waals surface area contributed by atoms with Gasteiger partial charge in [-0.25, -0.2) is 10.2 Å². The first kappa shape index (κ1) is 13.3. The van der Waals surface area contributed by atoms with Crippen LogP contribution in [-0.2, 0) is 9.47 Å². The molecule has 0 aromatic heterocycles. The van der Waals surface area contributed by atoms with Crippen molar-refractivity contribution in [1.29, 1.82) is 0 Å². The number of nitrogens with one attached hydrogen (secondary N) is 2. The van der Waals surface area contributed by atoms with Gasteiger partial charge in [0, 0.05) is 6.61 Å². The molecule has 16 heavy (non-hydrogen) atoms. The Kier molecular flexibility index (Phi) is 6.18. The molecule has 2 unspecified atom stereocenters. The highest BCUT2D eigenvalue weighted by Gasteiger charge is 2.25. The fourth-order valence-corrected chi connectivity index (χ4v) is 1.93. The van der Waals surface area contributed by atoms with E-state index in [-0.39, 0.29) is 12.1 Å². The first-order chi connectivity index (χ1) is 7.77. The zero-order valence-corrected chi connectivity index (χ0v) is 10.1. The van der Waals surface area contributed by atoms with Crippen LogP contribution in [0.15, 0.2) is 0 Å². The minimum absolute atomic E-state index is 0.194. The second kappa shape index (κ2) is 7.46. The molecule has 0 heterocycles. The van der Waals surface area contributed by atoms with Gasteiger partial charge in [0.05, 0.1) is 19.3 Å². The smallest absolute Gasteiger partial charge is 0.421 e. The number of ether oxygens (including phenoxy) is 2. The van der Waals surface area contributed by atoms with E-state index in [1.807, 2.05) is 0 Å². The fourth-order valence-electron chi connectivity index (χ4n) is 1.93. The molecule has 5 nitrogen and oxygen atoms in total. The number of amides is 1. The lowest BCUT2D eigenvalue weighted by Crippen LogP contribution is -2.51. The Hall–Kier alpha value is -0.810. The summed E-state index contributed by atoms with van der Waals surface area (Å²) in [5, 5.41) is 0. The summed E-state index contributed by atoms with van der Waals surface area (Å²) in [6.07, 6.45) is 5.22. The van der Waals surface area contributed by atoms with Gasteiger partial charge in [0.15, 0.2) is 0 Å². The number of methoxy groups -OCH3 is 1. The maximum atomic E-state index is 10.9. The summed E-state index contributed by atoms with van der Waals surface area (Å²) in [5.41, 5.74) is 5.50. The molecule has 1 rings (SSSR count). The molecule has 0 saturated heterocycles. The molecule has 0 aromatic carbocycles. The second-order valence-corrected chi connectivity index (χ2v) is 4.06. The average molecular weight is 230 g/mol. The Labute approximate surface area is 96.8 Å². The van der Waals surface area contributed by atoms with Crippen molar-refractivity contribution < 1.29 is 14.3 Å². The summed E-state index contributed by atoms with van der Waals surface area (Å²) in [6, 6.07) is 0.194. The third kappa shape index (κ3) is 4.37. The quantitative estimate of drug-likeness (QED) is 0.704. The highest BCUT2D eigenvalue weighted by atomic mass is 16.5. The van der Waals surface area contributed by atoms with Crippen LogP contribution in [0.25, 0.3) is 0 Å². The summed E-state index contributed by atoms with van der Waals surface area (Å²) < 4.78 is 10.3. The molecule has 0 radical (unpaired) electrons. The fraction of sp³-hybridized carbons (Fsp3) is 0.909. The van der Waals surface area contributed by atoms with Crippen LogP contribution in [0.2, 0.25) is 0 Å². The first-order valence-electron chi connectivity index (χ1n) is 5.99. The number of hydrogen-bond acceptors (Lipinski definition) is 4. The molecule has 1 aliphatic rings. The minimum Gasteiger partial charge on any atom is -0.452 e. The SMILES string of the molecule is CCCOC1CCCCC1NNC(=O)OC. The number of hydrogen-bond donors (Lipinski definition) is 2. The predicted molar refractivity (Wildman–Crippen MR) is 61.0 cm³/mol. The van der Waals surface area contributed by atoms with Gasteiger partial charge in [-0.1, -0.05) is 19.8 Å². The Morgan fingerprint density at radius 1 is 1.38 bits per heavy atom. The van der Waals surface area contributed by atoms with Crippen LogP contribution in [0.4, 0.5) is 4.79 Å². The number of carbonyl (C=O) groups excluding carboxylic acids is 1. The molecule has 2 N–H and O–H groups in total. The van der Waals surface area contributed by atoms with E-state index < -0.39 is 6.09 Å². The van der Waals surface area contributed by atoms with Gasteiger partial charge >= 0.3 is 6.09 Å². The molecule has 94 valence electrons. The summed E-state index contributed by atoms with van der Waals surface area (Å²) >= 11 is 0. The van der Waals surface area contributed by atoms with Crippen LogP contribution in [0.3, 0.4) is 0 Å². The van der Waals surface area contributed by atoms with Crippen LogP contribution in [0.5, 0.6) is 0 Å². The molecule has 0 aliphatic heterocycles. The van der Waals surface area contributed by atoms with Crippen molar-refractivity contribution >= 4 is 6.09 Å². The van der Waals surface area contributed by atoms with E-state index in [0.29, 0.717) is 0 Å². The number of rotatable bonds is 5. The van der Waals surface area contributed by atoms with Crippen molar-refractivity contribution in [3.05, 3.63) is 0 Å². The molecule has 2 atom stereocenters. The zero-order valence-electron chi connectivity index (χ0n) is 10.1. The Bertz CT molecular complexity index is 211. The Balaban J connectivity index is 2.31. The highest BCUT2D eigenvalue weighted by molar-refractivity contribution is 5.66. The van der Waals surface area contributed by atoms with E-state index in [4.69, 9.17) is 4.74 Å². The zero-order chi connectivity index (χ0) is 11.8. The van der Waals surface area contributed by atoms with E-state index >= 15 is 0 Å². The van der Waals surface area contributed by atoms with Crippen LogP contribution < -0.4 is 10.9 Å². The number of carbonyl (C=O) groups is 1. The van der Waals surface area contributed by atoms with Gasteiger partial charge in [0.1, 0.15) is 0 Å². The first-order valence-corrected chi connectivity index (χ1v) is 5.99. The van der Waals surface area contributed by atoms with Gasteiger partial charge in [0.25, 0.3) is 0 Å². The average Bonchev–Trinajstić information content (AvgIpc) is 2.34. The molecule has 1 aliphatic carbocycles.